The molecule has 6 fully saturated rings. The number of rotatable bonds is 6. The molecule has 2 aromatic heterocycles. The molecule has 4 bridgehead atoms. The van der Waals surface area contributed by atoms with Gasteiger partial charge in [-0.3, -0.25) is 4.79 Å². The minimum absolute atomic E-state index is 0.0387. The first kappa shape index (κ1) is 29.0. The van der Waals surface area contributed by atoms with E-state index in [9.17, 15) is 15.2 Å². The summed E-state index contributed by atoms with van der Waals surface area (Å²) in [4.78, 5) is 20.8. The number of hydrogen-bond donors (Lipinski definition) is 2. The van der Waals surface area contributed by atoms with Gasteiger partial charge in [0.05, 0.1) is 39.8 Å². The number of carbonyl (C=O) groups is 1. The van der Waals surface area contributed by atoms with Crippen molar-refractivity contribution >= 4 is 50.9 Å². The van der Waals surface area contributed by atoms with Crippen molar-refractivity contribution < 1.29 is 14.3 Å². The van der Waals surface area contributed by atoms with E-state index in [0.717, 1.165) is 48.8 Å². The third kappa shape index (κ3) is 4.01. The van der Waals surface area contributed by atoms with Crippen LogP contribution < -0.4 is 5.32 Å². The summed E-state index contributed by atoms with van der Waals surface area (Å²) < 4.78 is 19.4. The van der Waals surface area contributed by atoms with E-state index in [1.165, 1.54) is 0 Å². The normalized spacial score (nSPS) is 29.6. The highest BCUT2D eigenvalue weighted by Gasteiger charge is 2.57. The minimum Gasteiger partial charge on any atom is -0.393 e. The molecule has 3 saturated heterocycles. The summed E-state index contributed by atoms with van der Waals surface area (Å²) in [7, 11) is 0. The van der Waals surface area contributed by atoms with E-state index in [-0.39, 0.29) is 58.9 Å². The Kier molecular flexibility index (Phi) is 6.54. The molecule has 1 amide bonds. The topological polar surface area (TPSA) is 94.2 Å². The number of hydrogen-bond acceptors (Lipinski definition) is 5. The van der Waals surface area contributed by atoms with E-state index in [0.29, 0.717) is 51.6 Å². The smallest absolute Gasteiger partial charge is 0.226 e. The van der Waals surface area contributed by atoms with Crippen LogP contribution in [0.15, 0.2) is 30.3 Å². The van der Waals surface area contributed by atoms with Crippen molar-refractivity contribution in [2.45, 2.75) is 82.1 Å². The van der Waals surface area contributed by atoms with Crippen molar-refractivity contribution in [2.75, 3.05) is 6.54 Å². The van der Waals surface area contributed by atoms with Gasteiger partial charge in [-0.2, -0.15) is 5.26 Å². The maximum absolute atomic E-state index is 17.0. The number of aryl methyl sites for hydroxylation is 2. The number of aliphatic hydroxyl groups is 1. The lowest BCUT2D eigenvalue weighted by molar-refractivity contribution is -0.139. The summed E-state index contributed by atoms with van der Waals surface area (Å²) in [6.45, 7) is 2.83. The first-order valence-electron chi connectivity index (χ1n) is 16.5. The molecule has 3 aliphatic heterocycles. The van der Waals surface area contributed by atoms with Gasteiger partial charge in [-0.15, -0.1) is 0 Å². The van der Waals surface area contributed by atoms with E-state index in [2.05, 4.69) is 26.9 Å². The van der Waals surface area contributed by atoms with Crippen molar-refractivity contribution in [3.63, 3.8) is 0 Å². The van der Waals surface area contributed by atoms with E-state index in [4.69, 9.17) is 28.2 Å². The number of piperidine rings is 1. The highest BCUT2D eigenvalue weighted by molar-refractivity contribution is 6.43. The van der Waals surface area contributed by atoms with Crippen LogP contribution in [0.4, 0.5) is 4.39 Å². The average molecular weight is 659 g/mol. The maximum atomic E-state index is 17.0. The van der Waals surface area contributed by atoms with Crippen LogP contribution >= 0.6 is 23.2 Å². The number of carbonyl (C=O) groups excluding carboxylic acids is 1. The molecule has 7 atom stereocenters. The molecule has 0 radical (unpaired) electrons. The largest absolute Gasteiger partial charge is 0.393 e. The number of halogens is 3. The van der Waals surface area contributed by atoms with Gasteiger partial charge >= 0.3 is 0 Å². The van der Waals surface area contributed by atoms with Crippen LogP contribution in [-0.4, -0.2) is 50.2 Å². The Balaban J connectivity index is 1.33. The standard InChI is InChI=1S/C36H34Cl2FN5O2/c1-16-22-14-27(35-23-12-20(13-28(23)45)43(35)36(46)17-7-8-17)44(33-19-11-26(33)41-15-19)34(22)24-10-18(4-3-9-40)29(31(39)32(24)42-16)21-5-2-6-25(37)30(21)38/h2,5-6,10,14,17,19-20,23,26,28,33,35,41,45H,3-4,7-8,11-13,15H2,1H3. The monoisotopic (exact) mass is 657 g/mol. The number of fused-ring (bicyclic) bond motifs is 6. The third-order valence-corrected chi connectivity index (χ3v) is 12.4. The number of benzene rings is 2. The van der Waals surface area contributed by atoms with E-state index in [1.54, 1.807) is 18.2 Å². The lowest BCUT2D eigenvalue weighted by Crippen LogP contribution is -2.46. The fraction of sp³-hybridized carbons (Fsp3) is 0.472. The zero-order valence-corrected chi connectivity index (χ0v) is 27.0. The molecule has 10 rings (SSSR count). The second-order valence-corrected chi connectivity index (χ2v) is 14.9. The van der Waals surface area contributed by atoms with E-state index < -0.39 is 11.9 Å². The fourth-order valence-corrected chi connectivity index (χ4v) is 9.71. The zero-order chi connectivity index (χ0) is 31.6. The Bertz CT molecular complexity index is 2000. The molecule has 0 spiro atoms. The van der Waals surface area contributed by atoms with Crippen molar-refractivity contribution in [2.24, 2.45) is 17.8 Å². The number of amides is 1. The molecule has 2 N–H and O–H groups in total. The highest BCUT2D eigenvalue weighted by Crippen LogP contribution is 2.56. The van der Waals surface area contributed by atoms with Crippen molar-refractivity contribution in [3.05, 3.63) is 63.1 Å². The van der Waals surface area contributed by atoms with Crippen LogP contribution in [-0.2, 0) is 11.2 Å². The van der Waals surface area contributed by atoms with Gasteiger partial charge < -0.3 is 19.9 Å². The van der Waals surface area contributed by atoms with Gasteiger partial charge in [0.15, 0.2) is 5.82 Å². The molecular formula is C36H34Cl2FN5O2. The van der Waals surface area contributed by atoms with Crippen LogP contribution in [0.3, 0.4) is 0 Å². The summed E-state index contributed by atoms with van der Waals surface area (Å²) in [5.41, 5.74) is 4.37. The number of nitrogens with one attached hydrogen (secondary N) is 1. The minimum atomic E-state index is -0.482. The lowest BCUT2D eigenvalue weighted by Gasteiger charge is -2.42. The third-order valence-electron chi connectivity index (χ3n) is 11.6. The number of aromatic nitrogens is 2. The summed E-state index contributed by atoms with van der Waals surface area (Å²) in [5, 5.41) is 26.6. The van der Waals surface area contributed by atoms with Crippen LogP contribution in [0.5, 0.6) is 0 Å². The number of nitriles is 1. The quantitative estimate of drug-likeness (QED) is 0.232. The molecule has 2 aromatic carbocycles. The van der Waals surface area contributed by atoms with Crippen LogP contribution in [0.2, 0.25) is 10.0 Å². The number of aliphatic hydroxyl groups excluding tert-OH is 1. The van der Waals surface area contributed by atoms with Gasteiger partial charge in [-0.05, 0) is 75.1 Å². The predicted octanol–water partition coefficient (Wildman–Crippen LogP) is 7.03. The first-order valence-corrected chi connectivity index (χ1v) is 17.2. The Morgan fingerprint density at radius 2 is 2.02 bits per heavy atom. The molecule has 46 heavy (non-hydrogen) atoms. The Hall–Kier alpha value is -3.22. The molecule has 3 saturated carbocycles. The second kappa shape index (κ2) is 10.4. The van der Waals surface area contributed by atoms with E-state index in [1.807, 2.05) is 13.0 Å². The Morgan fingerprint density at radius 3 is 2.74 bits per heavy atom. The highest BCUT2D eigenvalue weighted by atomic mass is 35.5. The van der Waals surface area contributed by atoms with E-state index >= 15 is 4.39 Å². The van der Waals surface area contributed by atoms with Gasteiger partial charge in [0.25, 0.3) is 0 Å². The molecule has 7 unspecified atom stereocenters. The fourth-order valence-electron chi connectivity index (χ4n) is 9.31. The lowest BCUT2D eigenvalue weighted by atomic mass is 9.79. The number of likely N-dealkylation sites (tertiary alicyclic amines) is 1. The molecule has 236 valence electrons. The molecule has 10 heteroatoms. The molecule has 4 aromatic rings. The van der Waals surface area contributed by atoms with Crippen molar-refractivity contribution in [1.29, 1.82) is 5.26 Å². The molecular weight excluding hydrogens is 624 g/mol. The summed E-state index contributed by atoms with van der Waals surface area (Å²) in [5.74, 6) is 0.191. The summed E-state index contributed by atoms with van der Waals surface area (Å²) in [6, 6.07) is 11.8. The van der Waals surface area contributed by atoms with Crippen molar-refractivity contribution in [3.8, 4) is 17.2 Å². The number of pyridine rings is 1. The number of nitrogens with zero attached hydrogens (tertiary/aromatic N) is 4. The van der Waals surface area contributed by atoms with Crippen LogP contribution in [0.1, 0.15) is 67.6 Å². The Labute approximate surface area is 276 Å². The summed E-state index contributed by atoms with van der Waals surface area (Å²) in [6.07, 6.45) is 4.45. The molecule has 5 heterocycles. The van der Waals surface area contributed by atoms with Crippen LogP contribution in [0, 0.1) is 41.8 Å². The van der Waals surface area contributed by atoms with Crippen LogP contribution in [0.25, 0.3) is 32.9 Å². The first-order chi connectivity index (χ1) is 22.3. The Morgan fingerprint density at radius 1 is 1.20 bits per heavy atom. The summed E-state index contributed by atoms with van der Waals surface area (Å²) >= 11 is 13.0. The van der Waals surface area contributed by atoms with Gasteiger partial charge in [0, 0.05) is 70.2 Å². The maximum Gasteiger partial charge on any atom is 0.226 e. The van der Waals surface area contributed by atoms with Gasteiger partial charge in [-0.25, -0.2) is 9.37 Å². The van der Waals surface area contributed by atoms with Gasteiger partial charge in [0.1, 0.15) is 5.52 Å². The molecule has 7 nitrogen and oxygen atoms in total. The van der Waals surface area contributed by atoms with Gasteiger partial charge in [0.2, 0.25) is 5.91 Å². The van der Waals surface area contributed by atoms with Gasteiger partial charge in [-0.1, -0.05) is 35.3 Å². The SMILES string of the molecule is Cc1nc2c(F)c(-c3cccc(Cl)c3Cl)c(CCC#N)cc2c2c1cc(C1C3CC(CC3O)N1C(=O)C1CC1)n2C1C2CNC1C2. The van der Waals surface area contributed by atoms with Crippen molar-refractivity contribution in [1.82, 2.24) is 19.8 Å². The molecule has 6 aliphatic rings. The average Bonchev–Trinajstić information content (AvgIpc) is 3.39. The second-order valence-electron chi connectivity index (χ2n) is 14.1. The molecule has 3 aliphatic carbocycles. The predicted molar refractivity (Wildman–Crippen MR) is 175 cm³/mol. The zero-order valence-electron chi connectivity index (χ0n) is 25.4.